The summed E-state index contributed by atoms with van der Waals surface area (Å²) in [6.07, 6.45) is 1.34. The highest BCUT2D eigenvalue weighted by atomic mass is 79.9. The summed E-state index contributed by atoms with van der Waals surface area (Å²) < 4.78 is 6.40. The Kier molecular flexibility index (Phi) is 4.60. The molecule has 0 aliphatic carbocycles. The maximum absolute atomic E-state index is 12.4. The van der Waals surface area contributed by atoms with Gasteiger partial charge in [-0.2, -0.15) is 0 Å². The molecule has 6 heteroatoms. The number of fused-ring (bicyclic) bond motifs is 1. The molecule has 2 aliphatic heterocycles. The molecular formula is C18H23BrN2O3. The quantitative estimate of drug-likeness (QED) is 0.778. The first-order chi connectivity index (χ1) is 11.3. The first-order valence-corrected chi connectivity index (χ1v) is 9.13. The van der Waals surface area contributed by atoms with E-state index in [1.165, 1.54) is 0 Å². The lowest BCUT2D eigenvalue weighted by molar-refractivity contribution is -0.118. The lowest BCUT2D eigenvalue weighted by Crippen LogP contribution is -2.43. The van der Waals surface area contributed by atoms with E-state index in [1.807, 2.05) is 39.0 Å². The van der Waals surface area contributed by atoms with Crippen LogP contribution in [0.5, 0.6) is 0 Å². The van der Waals surface area contributed by atoms with Gasteiger partial charge in [-0.3, -0.25) is 4.79 Å². The number of halogens is 1. The predicted molar refractivity (Wildman–Crippen MR) is 96.0 cm³/mol. The fourth-order valence-corrected chi connectivity index (χ4v) is 4.11. The van der Waals surface area contributed by atoms with Crippen LogP contribution in [0.2, 0.25) is 0 Å². The predicted octanol–water partition coefficient (Wildman–Crippen LogP) is 4.13. The molecule has 1 aromatic carbocycles. The van der Waals surface area contributed by atoms with Crippen molar-refractivity contribution in [3.05, 3.63) is 28.2 Å². The molecule has 1 N–H and O–H groups in total. The molecule has 0 saturated carbocycles. The molecule has 1 saturated heterocycles. The number of amides is 2. The Morgan fingerprint density at radius 1 is 1.29 bits per heavy atom. The highest BCUT2D eigenvalue weighted by molar-refractivity contribution is 9.10. The van der Waals surface area contributed by atoms with E-state index >= 15 is 0 Å². The van der Waals surface area contributed by atoms with E-state index in [-0.39, 0.29) is 23.8 Å². The van der Waals surface area contributed by atoms with Gasteiger partial charge in [-0.15, -0.1) is 0 Å². The Balaban J connectivity index is 1.68. The largest absolute Gasteiger partial charge is 0.444 e. The smallest absolute Gasteiger partial charge is 0.410 e. The Morgan fingerprint density at radius 2 is 1.96 bits per heavy atom. The van der Waals surface area contributed by atoms with Crippen LogP contribution < -0.4 is 5.32 Å². The Bertz CT molecular complexity index is 661. The number of carbonyl (C=O) groups excluding carboxylic acids is 2. The molecule has 24 heavy (non-hydrogen) atoms. The van der Waals surface area contributed by atoms with Crippen molar-refractivity contribution in [2.24, 2.45) is 5.92 Å². The molecule has 1 fully saturated rings. The van der Waals surface area contributed by atoms with Crippen molar-refractivity contribution in [2.75, 3.05) is 18.4 Å². The number of ether oxygens (including phenoxy) is 1. The third-order valence-corrected chi connectivity index (χ3v) is 5.26. The number of anilines is 1. The summed E-state index contributed by atoms with van der Waals surface area (Å²) >= 11 is 3.57. The van der Waals surface area contributed by atoms with E-state index in [2.05, 4.69) is 21.2 Å². The van der Waals surface area contributed by atoms with Crippen LogP contribution in [0.3, 0.4) is 0 Å². The molecule has 130 valence electrons. The van der Waals surface area contributed by atoms with Crippen molar-refractivity contribution in [1.29, 1.82) is 0 Å². The molecule has 3 rings (SSSR count). The number of hydrogen-bond acceptors (Lipinski definition) is 3. The Labute approximate surface area is 150 Å². The second-order valence-electron chi connectivity index (χ2n) is 7.47. The van der Waals surface area contributed by atoms with Crippen LogP contribution >= 0.6 is 15.9 Å². The van der Waals surface area contributed by atoms with Gasteiger partial charge in [-0.05, 0) is 51.7 Å². The molecule has 5 nitrogen and oxygen atoms in total. The van der Waals surface area contributed by atoms with Crippen LogP contribution in [-0.2, 0) is 9.53 Å². The van der Waals surface area contributed by atoms with E-state index in [0.717, 1.165) is 28.6 Å². The van der Waals surface area contributed by atoms with Crippen molar-refractivity contribution < 1.29 is 14.3 Å². The number of piperidine rings is 1. The molecule has 1 unspecified atom stereocenters. The highest BCUT2D eigenvalue weighted by Gasteiger charge is 2.40. The zero-order chi connectivity index (χ0) is 17.5. The number of carbonyl (C=O) groups is 2. The normalized spacial score (nSPS) is 21.4. The van der Waals surface area contributed by atoms with Gasteiger partial charge in [-0.25, -0.2) is 4.79 Å². The fraction of sp³-hybridized carbons (Fsp3) is 0.556. The number of nitrogens with one attached hydrogen (secondary N) is 1. The van der Waals surface area contributed by atoms with Crippen molar-refractivity contribution >= 4 is 33.6 Å². The molecule has 2 heterocycles. The molecular weight excluding hydrogens is 372 g/mol. The number of likely N-dealkylation sites (tertiary alicyclic amines) is 1. The summed E-state index contributed by atoms with van der Waals surface area (Å²) in [5.74, 6) is 0.160. The summed E-state index contributed by atoms with van der Waals surface area (Å²) in [6, 6.07) is 5.84. The standard InChI is InChI=1S/C18H23BrN2O3/c1-18(2,3)24-17(23)21-9-7-11(8-10-21)14-15-12(19)5-4-6-13(15)20-16(14)22/h4-6,11,14H,7-10H2,1-3H3,(H,20,22). The number of nitrogens with zero attached hydrogens (tertiary/aromatic N) is 1. The van der Waals surface area contributed by atoms with Gasteiger partial charge in [0, 0.05) is 28.8 Å². The van der Waals surface area contributed by atoms with E-state index < -0.39 is 5.60 Å². The van der Waals surface area contributed by atoms with Gasteiger partial charge in [-0.1, -0.05) is 22.0 Å². The molecule has 0 spiro atoms. The van der Waals surface area contributed by atoms with Gasteiger partial charge in [0.15, 0.2) is 0 Å². The fourth-order valence-electron chi connectivity index (χ4n) is 3.50. The van der Waals surface area contributed by atoms with Gasteiger partial charge in [0.25, 0.3) is 0 Å². The maximum atomic E-state index is 12.4. The van der Waals surface area contributed by atoms with Crippen LogP contribution in [0.4, 0.5) is 10.5 Å². The van der Waals surface area contributed by atoms with E-state index in [4.69, 9.17) is 4.74 Å². The molecule has 2 amide bonds. The molecule has 1 aromatic rings. The summed E-state index contributed by atoms with van der Waals surface area (Å²) in [6.45, 7) is 6.87. The molecule has 1 atom stereocenters. The monoisotopic (exact) mass is 394 g/mol. The lowest BCUT2D eigenvalue weighted by Gasteiger charge is -2.35. The van der Waals surface area contributed by atoms with Crippen LogP contribution in [0.25, 0.3) is 0 Å². The minimum atomic E-state index is -0.483. The summed E-state index contributed by atoms with van der Waals surface area (Å²) in [4.78, 5) is 26.4. The second-order valence-corrected chi connectivity index (χ2v) is 8.33. The number of benzene rings is 1. The molecule has 0 bridgehead atoms. The average molecular weight is 395 g/mol. The minimum Gasteiger partial charge on any atom is -0.444 e. The first-order valence-electron chi connectivity index (χ1n) is 8.33. The number of rotatable bonds is 1. The first kappa shape index (κ1) is 17.3. The summed E-state index contributed by atoms with van der Waals surface area (Å²) in [5.41, 5.74) is 1.47. The van der Waals surface area contributed by atoms with Crippen LogP contribution in [0, 0.1) is 5.92 Å². The maximum Gasteiger partial charge on any atom is 0.410 e. The van der Waals surface area contributed by atoms with E-state index in [9.17, 15) is 9.59 Å². The highest BCUT2D eigenvalue weighted by Crippen LogP contribution is 2.44. The zero-order valence-electron chi connectivity index (χ0n) is 14.3. The minimum absolute atomic E-state index is 0.0626. The molecule has 0 radical (unpaired) electrons. The second kappa shape index (κ2) is 6.39. The SMILES string of the molecule is CC(C)(C)OC(=O)N1CCC(C2C(=O)Nc3cccc(Br)c32)CC1. The van der Waals surface area contributed by atoms with Gasteiger partial charge < -0.3 is 15.0 Å². The van der Waals surface area contributed by atoms with Crippen molar-refractivity contribution in [3.63, 3.8) is 0 Å². The third-order valence-electron chi connectivity index (χ3n) is 4.57. The Hall–Kier alpha value is -1.56. The lowest BCUT2D eigenvalue weighted by atomic mass is 9.81. The van der Waals surface area contributed by atoms with Crippen LogP contribution in [0.1, 0.15) is 45.1 Å². The van der Waals surface area contributed by atoms with Crippen LogP contribution in [0.15, 0.2) is 22.7 Å². The van der Waals surface area contributed by atoms with E-state index in [0.29, 0.717) is 13.1 Å². The van der Waals surface area contributed by atoms with Gasteiger partial charge in [0.05, 0.1) is 5.92 Å². The van der Waals surface area contributed by atoms with Crippen molar-refractivity contribution in [1.82, 2.24) is 4.90 Å². The number of hydrogen-bond donors (Lipinski definition) is 1. The van der Waals surface area contributed by atoms with Crippen molar-refractivity contribution in [3.8, 4) is 0 Å². The van der Waals surface area contributed by atoms with Crippen molar-refractivity contribution in [2.45, 2.75) is 45.1 Å². The van der Waals surface area contributed by atoms with Gasteiger partial charge in [0.1, 0.15) is 5.60 Å². The summed E-state index contributed by atoms with van der Waals surface area (Å²) in [7, 11) is 0. The molecule has 2 aliphatic rings. The van der Waals surface area contributed by atoms with Gasteiger partial charge >= 0.3 is 6.09 Å². The topological polar surface area (TPSA) is 58.6 Å². The third kappa shape index (κ3) is 3.43. The zero-order valence-corrected chi connectivity index (χ0v) is 15.9. The summed E-state index contributed by atoms with van der Waals surface area (Å²) in [5, 5.41) is 2.98. The Morgan fingerprint density at radius 3 is 2.58 bits per heavy atom. The van der Waals surface area contributed by atoms with E-state index in [1.54, 1.807) is 4.90 Å². The van der Waals surface area contributed by atoms with Crippen LogP contribution in [-0.4, -0.2) is 35.6 Å². The van der Waals surface area contributed by atoms with Gasteiger partial charge in [0.2, 0.25) is 5.91 Å². The average Bonchev–Trinajstić information content (AvgIpc) is 2.83. The molecule has 0 aromatic heterocycles.